The molecule has 2 N–H and O–H groups in total. The van der Waals surface area contributed by atoms with Crippen LogP contribution in [0, 0.1) is 13.8 Å². The van der Waals surface area contributed by atoms with E-state index in [9.17, 15) is 0 Å². The highest BCUT2D eigenvalue weighted by atomic mass is 16.4. The maximum absolute atomic E-state index is 9.02. The Morgan fingerprint density at radius 1 is 1.19 bits per heavy atom. The molecule has 0 aliphatic rings. The molecule has 0 aliphatic heterocycles. The summed E-state index contributed by atoms with van der Waals surface area (Å²) in [5, 5.41) is 22.2. The number of benzene rings is 1. The monoisotopic (exact) mass is 216 g/mol. The number of aryl methyl sites for hydroxylation is 2. The molecule has 4 nitrogen and oxygen atoms in total. The van der Waals surface area contributed by atoms with E-state index in [0.29, 0.717) is 5.46 Å². The Kier molecular flexibility index (Phi) is 2.81. The first-order valence-electron chi connectivity index (χ1n) is 5.07. The van der Waals surface area contributed by atoms with Crippen molar-refractivity contribution in [2.75, 3.05) is 0 Å². The summed E-state index contributed by atoms with van der Waals surface area (Å²) in [7, 11) is -1.47. The van der Waals surface area contributed by atoms with Gasteiger partial charge in [-0.1, -0.05) is 18.2 Å². The Morgan fingerprint density at radius 3 is 2.31 bits per heavy atom. The van der Waals surface area contributed by atoms with E-state index >= 15 is 0 Å². The Hall–Kier alpha value is -1.59. The number of nitrogens with zero attached hydrogens (tertiary/aromatic N) is 2. The number of hydrogen-bond acceptors (Lipinski definition) is 3. The molecule has 5 heteroatoms. The largest absolute Gasteiger partial charge is 0.491 e. The van der Waals surface area contributed by atoms with Gasteiger partial charge in [-0.15, -0.1) is 0 Å². The van der Waals surface area contributed by atoms with E-state index in [1.54, 1.807) is 10.9 Å². The van der Waals surface area contributed by atoms with Crippen molar-refractivity contribution in [1.82, 2.24) is 9.78 Å². The fourth-order valence-corrected chi connectivity index (χ4v) is 1.76. The Balaban J connectivity index is 2.50. The molecule has 0 amide bonds. The number of hydrogen-bond donors (Lipinski definition) is 2. The summed E-state index contributed by atoms with van der Waals surface area (Å²) in [5.41, 5.74) is 3.57. The molecule has 82 valence electrons. The Labute approximate surface area is 94.3 Å². The third kappa shape index (κ3) is 1.87. The zero-order valence-electron chi connectivity index (χ0n) is 9.25. The Morgan fingerprint density at radius 2 is 1.81 bits per heavy atom. The third-order valence-electron chi connectivity index (χ3n) is 2.57. The summed E-state index contributed by atoms with van der Waals surface area (Å²) >= 11 is 0. The zero-order valence-corrected chi connectivity index (χ0v) is 9.25. The molecule has 0 radical (unpaired) electrons. The quantitative estimate of drug-likeness (QED) is 0.703. The number of para-hydroxylation sites is 1. The van der Waals surface area contributed by atoms with Crippen molar-refractivity contribution in [3.05, 3.63) is 41.7 Å². The lowest BCUT2D eigenvalue weighted by Gasteiger charge is -2.08. The van der Waals surface area contributed by atoms with E-state index in [1.165, 1.54) is 6.20 Å². The summed E-state index contributed by atoms with van der Waals surface area (Å²) in [5.74, 6) is 0. The van der Waals surface area contributed by atoms with Crippen LogP contribution in [-0.4, -0.2) is 26.9 Å². The van der Waals surface area contributed by atoms with E-state index < -0.39 is 7.12 Å². The third-order valence-corrected chi connectivity index (χ3v) is 2.57. The van der Waals surface area contributed by atoms with Gasteiger partial charge in [-0.3, -0.25) is 0 Å². The van der Waals surface area contributed by atoms with Gasteiger partial charge < -0.3 is 10.0 Å². The lowest BCUT2D eigenvalue weighted by molar-refractivity contribution is 0.426. The average Bonchev–Trinajstić information content (AvgIpc) is 2.66. The van der Waals surface area contributed by atoms with Crippen molar-refractivity contribution in [1.29, 1.82) is 0 Å². The molecule has 0 fully saturated rings. The Bertz CT molecular complexity index is 488. The molecule has 0 saturated heterocycles. The van der Waals surface area contributed by atoms with Gasteiger partial charge in [-0.2, -0.15) is 5.10 Å². The highest BCUT2D eigenvalue weighted by Gasteiger charge is 2.14. The second-order valence-electron chi connectivity index (χ2n) is 3.83. The zero-order chi connectivity index (χ0) is 11.7. The summed E-state index contributed by atoms with van der Waals surface area (Å²) in [4.78, 5) is 0. The smallest absolute Gasteiger partial charge is 0.423 e. The first kappa shape index (κ1) is 10.9. The van der Waals surface area contributed by atoms with Gasteiger partial charge in [0.15, 0.2) is 0 Å². The normalized spacial score (nSPS) is 10.5. The predicted molar refractivity (Wildman–Crippen MR) is 62.9 cm³/mol. The van der Waals surface area contributed by atoms with E-state index in [-0.39, 0.29) is 0 Å². The summed E-state index contributed by atoms with van der Waals surface area (Å²) in [6.45, 7) is 4.00. The van der Waals surface area contributed by atoms with Crippen LogP contribution in [0.3, 0.4) is 0 Å². The minimum absolute atomic E-state index is 0.391. The van der Waals surface area contributed by atoms with E-state index in [1.807, 2.05) is 32.0 Å². The van der Waals surface area contributed by atoms with Crippen molar-refractivity contribution in [2.45, 2.75) is 13.8 Å². The topological polar surface area (TPSA) is 58.3 Å². The van der Waals surface area contributed by atoms with E-state index in [0.717, 1.165) is 16.8 Å². The molecule has 2 aromatic rings. The van der Waals surface area contributed by atoms with Crippen molar-refractivity contribution in [3.8, 4) is 5.69 Å². The summed E-state index contributed by atoms with van der Waals surface area (Å²) in [6, 6.07) is 5.98. The molecule has 0 bridgehead atoms. The van der Waals surface area contributed by atoms with Crippen LogP contribution >= 0.6 is 0 Å². The van der Waals surface area contributed by atoms with Crippen LogP contribution < -0.4 is 5.46 Å². The number of rotatable bonds is 2. The van der Waals surface area contributed by atoms with E-state index in [2.05, 4.69) is 5.10 Å². The maximum Gasteiger partial charge on any atom is 0.491 e. The van der Waals surface area contributed by atoms with E-state index in [4.69, 9.17) is 10.0 Å². The highest BCUT2D eigenvalue weighted by Crippen LogP contribution is 2.16. The standard InChI is InChI=1S/C11H13BN2O2/c1-8-4-3-5-9(2)11(8)14-7-10(6-13-14)12(15)16/h3-7,15-16H,1-2H3. The lowest BCUT2D eigenvalue weighted by atomic mass is 9.83. The van der Waals surface area contributed by atoms with Gasteiger partial charge in [0.1, 0.15) is 0 Å². The first-order valence-corrected chi connectivity index (χ1v) is 5.07. The van der Waals surface area contributed by atoms with Crippen LogP contribution in [-0.2, 0) is 0 Å². The van der Waals surface area contributed by atoms with Gasteiger partial charge in [0.05, 0.1) is 5.69 Å². The van der Waals surface area contributed by atoms with Gasteiger partial charge in [-0.25, -0.2) is 4.68 Å². The van der Waals surface area contributed by atoms with Crippen molar-refractivity contribution >= 4 is 12.6 Å². The second-order valence-corrected chi connectivity index (χ2v) is 3.83. The van der Waals surface area contributed by atoms with Crippen molar-refractivity contribution < 1.29 is 10.0 Å². The van der Waals surface area contributed by atoms with Crippen LogP contribution in [0.2, 0.25) is 0 Å². The average molecular weight is 216 g/mol. The minimum atomic E-state index is -1.47. The highest BCUT2D eigenvalue weighted by molar-refractivity contribution is 6.58. The molecule has 0 aliphatic carbocycles. The maximum atomic E-state index is 9.02. The minimum Gasteiger partial charge on any atom is -0.423 e. The summed E-state index contributed by atoms with van der Waals surface area (Å²) in [6.07, 6.45) is 3.08. The van der Waals surface area contributed by atoms with Crippen LogP contribution in [0.25, 0.3) is 5.69 Å². The molecule has 16 heavy (non-hydrogen) atoms. The van der Waals surface area contributed by atoms with Crippen LogP contribution in [0.15, 0.2) is 30.6 Å². The molecule has 0 unspecified atom stereocenters. The summed E-state index contributed by atoms with van der Waals surface area (Å²) < 4.78 is 1.67. The second kappa shape index (κ2) is 4.12. The van der Waals surface area contributed by atoms with Crippen LogP contribution in [0.4, 0.5) is 0 Å². The molecular weight excluding hydrogens is 203 g/mol. The lowest BCUT2D eigenvalue weighted by Crippen LogP contribution is -2.28. The van der Waals surface area contributed by atoms with Gasteiger partial charge in [0, 0.05) is 17.9 Å². The molecular formula is C11H13BN2O2. The molecule has 1 heterocycles. The molecule has 0 saturated carbocycles. The molecule has 0 atom stereocenters. The predicted octanol–water partition coefficient (Wildman–Crippen LogP) is 0.169. The van der Waals surface area contributed by atoms with Crippen molar-refractivity contribution in [3.63, 3.8) is 0 Å². The molecule has 1 aromatic heterocycles. The first-order chi connectivity index (χ1) is 7.59. The van der Waals surface area contributed by atoms with Gasteiger partial charge in [0.2, 0.25) is 0 Å². The van der Waals surface area contributed by atoms with Gasteiger partial charge in [0.25, 0.3) is 0 Å². The van der Waals surface area contributed by atoms with Gasteiger partial charge in [-0.05, 0) is 25.0 Å². The molecule has 1 aromatic carbocycles. The SMILES string of the molecule is Cc1cccc(C)c1-n1cc(B(O)O)cn1. The molecule has 2 rings (SSSR count). The van der Waals surface area contributed by atoms with Crippen LogP contribution in [0.5, 0.6) is 0 Å². The van der Waals surface area contributed by atoms with Crippen molar-refractivity contribution in [2.24, 2.45) is 0 Å². The fourth-order valence-electron chi connectivity index (χ4n) is 1.76. The molecule has 0 spiro atoms. The van der Waals surface area contributed by atoms with Crippen LogP contribution in [0.1, 0.15) is 11.1 Å². The van der Waals surface area contributed by atoms with Gasteiger partial charge >= 0.3 is 7.12 Å². The fraction of sp³-hybridized carbons (Fsp3) is 0.182. The number of aromatic nitrogens is 2.